The molecule has 1 aromatic carbocycles. The number of benzene rings is 1. The summed E-state index contributed by atoms with van der Waals surface area (Å²) < 4.78 is 6.76. The van der Waals surface area contributed by atoms with Gasteiger partial charge in [-0.25, -0.2) is 9.97 Å². The summed E-state index contributed by atoms with van der Waals surface area (Å²) in [6.45, 7) is 4.17. The Morgan fingerprint density at radius 2 is 2.11 bits per heavy atom. The summed E-state index contributed by atoms with van der Waals surface area (Å²) >= 11 is 3.11. The van der Waals surface area contributed by atoms with E-state index in [0.29, 0.717) is 22.7 Å². The molecule has 28 heavy (non-hydrogen) atoms. The zero-order valence-electron chi connectivity index (χ0n) is 16.0. The average Bonchev–Trinajstić information content (AvgIpc) is 3.35. The Balaban J connectivity index is 1.31. The highest BCUT2D eigenvalue weighted by Gasteiger charge is 2.25. The van der Waals surface area contributed by atoms with Gasteiger partial charge in [-0.3, -0.25) is 4.79 Å². The van der Waals surface area contributed by atoms with Gasteiger partial charge in [0.05, 0.1) is 22.4 Å². The highest BCUT2D eigenvalue weighted by molar-refractivity contribution is 8.00. The van der Waals surface area contributed by atoms with Crippen LogP contribution in [0.25, 0.3) is 0 Å². The number of carbonyl (C=O) groups is 1. The number of thiazole rings is 1. The van der Waals surface area contributed by atoms with Crippen LogP contribution in [-0.4, -0.2) is 15.9 Å². The maximum atomic E-state index is 12.7. The van der Waals surface area contributed by atoms with E-state index in [2.05, 4.69) is 47.3 Å². The number of oxazole rings is 1. The Labute approximate surface area is 173 Å². The second-order valence-corrected chi connectivity index (χ2v) is 9.59. The lowest BCUT2D eigenvalue weighted by molar-refractivity contribution is -0.120. The summed E-state index contributed by atoms with van der Waals surface area (Å²) in [5.74, 6) is 2.69. The number of amides is 1. The zero-order valence-corrected chi connectivity index (χ0v) is 17.6. The van der Waals surface area contributed by atoms with Crippen molar-refractivity contribution in [3.63, 3.8) is 0 Å². The second-order valence-electron chi connectivity index (χ2n) is 7.28. The summed E-state index contributed by atoms with van der Waals surface area (Å²) in [7, 11) is 0. The van der Waals surface area contributed by atoms with Gasteiger partial charge in [-0.05, 0) is 30.4 Å². The Hall–Kier alpha value is -2.12. The molecule has 146 valence electrons. The molecule has 2 heterocycles. The summed E-state index contributed by atoms with van der Waals surface area (Å²) in [4.78, 5) is 21.3. The van der Waals surface area contributed by atoms with E-state index < -0.39 is 0 Å². The molecule has 4 rings (SSSR count). The van der Waals surface area contributed by atoms with Crippen molar-refractivity contribution >= 4 is 34.1 Å². The number of aryl methyl sites for hydroxylation is 1. The number of hydrogen-bond acceptors (Lipinski definition) is 6. The third kappa shape index (κ3) is 4.47. The largest absolute Gasteiger partial charge is 0.445 e. The van der Waals surface area contributed by atoms with Crippen LogP contribution < -0.4 is 5.32 Å². The molecular formula is C21H23N3O2S2. The van der Waals surface area contributed by atoms with Gasteiger partial charge in [-0.15, -0.1) is 11.8 Å². The molecule has 3 aromatic rings. The lowest BCUT2D eigenvalue weighted by Gasteiger charge is -2.23. The molecule has 0 saturated heterocycles. The molecule has 1 aliphatic rings. The summed E-state index contributed by atoms with van der Waals surface area (Å²) in [5.41, 5.74) is 2.66. The molecule has 0 fully saturated rings. The minimum atomic E-state index is 0.0108. The Morgan fingerprint density at radius 3 is 2.89 bits per heavy atom. The van der Waals surface area contributed by atoms with Gasteiger partial charge in [-0.1, -0.05) is 49.4 Å². The first kappa shape index (κ1) is 19.2. The molecule has 0 bridgehead atoms. The molecule has 1 aliphatic carbocycles. The molecule has 1 amide bonds. The number of hydrogen-bond donors (Lipinski definition) is 1. The monoisotopic (exact) mass is 413 g/mol. The molecule has 1 N–H and O–H groups in total. The van der Waals surface area contributed by atoms with Crippen LogP contribution in [0, 0.1) is 5.92 Å². The fourth-order valence-electron chi connectivity index (χ4n) is 3.30. The van der Waals surface area contributed by atoms with Crippen molar-refractivity contribution in [3.8, 4) is 0 Å². The number of carbonyl (C=O) groups excluding carboxylic acids is 1. The average molecular weight is 414 g/mol. The zero-order chi connectivity index (χ0) is 19.5. The van der Waals surface area contributed by atoms with Gasteiger partial charge in [0.2, 0.25) is 11.8 Å². The number of fused-ring (bicyclic) bond motifs is 1. The van der Waals surface area contributed by atoms with Crippen LogP contribution >= 0.6 is 23.1 Å². The Kier molecular flexibility index (Phi) is 5.82. The van der Waals surface area contributed by atoms with Crippen molar-refractivity contribution in [3.05, 3.63) is 59.4 Å². The molecule has 2 aromatic heterocycles. The van der Waals surface area contributed by atoms with Gasteiger partial charge in [0.1, 0.15) is 5.76 Å². The first-order chi connectivity index (χ1) is 13.6. The van der Waals surface area contributed by atoms with E-state index in [1.165, 1.54) is 22.5 Å². The van der Waals surface area contributed by atoms with Crippen LogP contribution in [0.4, 0.5) is 5.13 Å². The van der Waals surface area contributed by atoms with Crippen LogP contribution in [-0.2, 0) is 23.4 Å². The van der Waals surface area contributed by atoms with Gasteiger partial charge in [0.15, 0.2) is 5.13 Å². The topological polar surface area (TPSA) is 68.0 Å². The van der Waals surface area contributed by atoms with E-state index >= 15 is 0 Å². The minimum absolute atomic E-state index is 0.0108. The first-order valence-electron chi connectivity index (χ1n) is 9.49. The highest BCUT2D eigenvalue weighted by Crippen LogP contribution is 2.32. The number of thioether (sulfide) groups is 1. The van der Waals surface area contributed by atoms with Crippen molar-refractivity contribution in [2.45, 2.75) is 49.0 Å². The molecule has 0 spiro atoms. The van der Waals surface area contributed by atoms with E-state index in [4.69, 9.17) is 4.42 Å². The molecule has 1 unspecified atom stereocenters. The summed E-state index contributed by atoms with van der Waals surface area (Å²) in [6.07, 6.45) is 6.24. The molecular weight excluding hydrogens is 390 g/mol. The quantitative estimate of drug-likeness (QED) is 0.556. The minimum Gasteiger partial charge on any atom is -0.445 e. The normalized spacial score (nSPS) is 16.2. The molecule has 1 atom stereocenters. The maximum Gasteiger partial charge on any atom is 0.229 e. The van der Waals surface area contributed by atoms with Crippen LogP contribution in [0.3, 0.4) is 0 Å². The van der Waals surface area contributed by atoms with Crippen molar-refractivity contribution < 1.29 is 9.21 Å². The Bertz CT molecular complexity index is 964. The van der Waals surface area contributed by atoms with Gasteiger partial charge in [0, 0.05) is 11.8 Å². The van der Waals surface area contributed by atoms with Crippen molar-refractivity contribution in [1.82, 2.24) is 9.97 Å². The highest BCUT2D eigenvalue weighted by atomic mass is 32.2. The number of rotatable bonds is 6. The molecule has 0 aliphatic heterocycles. The van der Waals surface area contributed by atoms with Crippen molar-refractivity contribution in [2.24, 2.45) is 5.92 Å². The first-order valence-corrected chi connectivity index (χ1v) is 11.3. The number of nitrogens with zero attached hydrogens (tertiary/aromatic N) is 2. The number of aromatic nitrogens is 2. The van der Waals surface area contributed by atoms with E-state index in [1.54, 1.807) is 24.2 Å². The van der Waals surface area contributed by atoms with Gasteiger partial charge in [0.25, 0.3) is 0 Å². The lowest BCUT2D eigenvalue weighted by atomic mass is 9.83. The van der Waals surface area contributed by atoms with E-state index in [9.17, 15) is 4.79 Å². The van der Waals surface area contributed by atoms with Gasteiger partial charge < -0.3 is 9.73 Å². The second kappa shape index (κ2) is 8.49. The van der Waals surface area contributed by atoms with Crippen LogP contribution in [0.1, 0.15) is 49.0 Å². The van der Waals surface area contributed by atoms with Crippen LogP contribution in [0.2, 0.25) is 0 Å². The molecule has 7 heteroatoms. The third-order valence-electron chi connectivity index (χ3n) is 4.91. The fourth-order valence-corrected chi connectivity index (χ4v) is 5.03. The van der Waals surface area contributed by atoms with Crippen LogP contribution in [0.15, 0.2) is 45.3 Å². The fraction of sp³-hybridized carbons (Fsp3) is 0.381. The van der Waals surface area contributed by atoms with Gasteiger partial charge >= 0.3 is 0 Å². The van der Waals surface area contributed by atoms with Crippen molar-refractivity contribution in [1.29, 1.82) is 0 Å². The third-order valence-corrected chi connectivity index (χ3v) is 7.00. The predicted molar refractivity (Wildman–Crippen MR) is 113 cm³/mol. The number of anilines is 1. The van der Waals surface area contributed by atoms with E-state index in [0.717, 1.165) is 29.2 Å². The summed E-state index contributed by atoms with van der Waals surface area (Å²) in [6, 6.07) is 8.39. The van der Waals surface area contributed by atoms with Gasteiger partial charge in [-0.2, -0.15) is 0 Å². The smallest absolute Gasteiger partial charge is 0.229 e. The molecule has 0 saturated carbocycles. The lowest BCUT2D eigenvalue weighted by Crippen LogP contribution is -2.28. The van der Waals surface area contributed by atoms with E-state index in [-0.39, 0.29) is 11.8 Å². The molecule has 5 nitrogen and oxygen atoms in total. The van der Waals surface area contributed by atoms with E-state index in [1.807, 2.05) is 6.07 Å². The summed E-state index contributed by atoms with van der Waals surface area (Å²) in [5, 5.41) is 3.65. The SMILES string of the molecule is CC(C)c1cnc(CSc2cnc(NC(=O)C3CCc4ccccc4C3)s2)o1. The standard InChI is InChI=1S/C21H23N3O2S2/c1-13(2)17-10-22-18(26-17)12-27-19-11-23-21(28-19)24-20(25)16-8-7-14-5-3-4-6-15(14)9-16/h3-6,10-11,13,16H,7-9,12H2,1-2H3,(H,23,24,25). The van der Waals surface area contributed by atoms with Crippen molar-refractivity contribution in [2.75, 3.05) is 5.32 Å². The number of nitrogens with one attached hydrogen (secondary N) is 1. The molecule has 0 radical (unpaired) electrons. The van der Waals surface area contributed by atoms with Crippen LogP contribution in [0.5, 0.6) is 0 Å². The maximum absolute atomic E-state index is 12.7. The Morgan fingerprint density at radius 1 is 1.29 bits per heavy atom. The predicted octanol–water partition coefficient (Wildman–Crippen LogP) is 5.29.